The molecular formula is C13H11Cl2NO3S. The molecule has 0 aliphatic carbocycles. The summed E-state index contributed by atoms with van der Waals surface area (Å²) in [4.78, 5) is 15.4. The van der Waals surface area contributed by atoms with E-state index in [0.29, 0.717) is 32.9 Å². The van der Waals surface area contributed by atoms with Crippen LogP contribution >= 0.6 is 23.2 Å². The molecule has 1 aromatic carbocycles. The van der Waals surface area contributed by atoms with E-state index >= 15 is 0 Å². The summed E-state index contributed by atoms with van der Waals surface area (Å²) < 4.78 is 23.0. The van der Waals surface area contributed by atoms with Crippen molar-refractivity contribution in [2.45, 2.75) is 6.42 Å². The highest BCUT2D eigenvalue weighted by Gasteiger charge is 2.34. The molecule has 1 atom stereocenters. The maximum absolute atomic E-state index is 12.5. The first-order valence-corrected chi connectivity index (χ1v) is 8.66. The molecule has 7 heteroatoms. The molecule has 2 heterocycles. The fraction of sp³-hybridized carbons (Fsp3) is 0.308. The number of sulfone groups is 1. The number of rotatable bonds is 2. The van der Waals surface area contributed by atoms with Crippen LogP contribution in [0.15, 0.2) is 18.3 Å². The molecule has 2 aromatic rings. The monoisotopic (exact) mass is 331 g/mol. The number of fused-ring (bicyclic) bond motifs is 1. The topological polar surface area (TPSA) is 67.0 Å². The van der Waals surface area contributed by atoms with E-state index in [2.05, 4.69) is 4.98 Å². The third-order valence-electron chi connectivity index (χ3n) is 3.57. The normalized spacial score (nSPS) is 21.4. The Bertz CT molecular complexity index is 810. The van der Waals surface area contributed by atoms with Crippen LogP contribution in [-0.4, -0.2) is 30.7 Å². The van der Waals surface area contributed by atoms with Crippen molar-refractivity contribution in [1.29, 1.82) is 0 Å². The van der Waals surface area contributed by atoms with E-state index in [1.54, 1.807) is 18.3 Å². The number of aromatic nitrogens is 1. The van der Waals surface area contributed by atoms with Gasteiger partial charge in [-0.3, -0.25) is 4.79 Å². The minimum absolute atomic E-state index is 0.0747. The van der Waals surface area contributed by atoms with Crippen LogP contribution in [0.2, 0.25) is 10.0 Å². The predicted molar refractivity (Wildman–Crippen MR) is 79.4 cm³/mol. The number of ketones is 1. The van der Waals surface area contributed by atoms with E-state index in [9.17, 15) is 13.2 Å². The number of benzene rings is 1. The van der Waals surface area contributed by atoms with Crippen LogP contribution in [0.5, 0.6) is 0 Å². The lowest BCUT2D eigenvalue weighted by Crippen LogP contribution is -2.15. The second-order valence-electron chi connectivity index (χ2n) is 4.98. The lowest BCUT2D eigenvalue weighted by atomic mass is 9.97. The lowest BCUT2D eigenvalue weighted by Gasteiger charge is -2.06. The Morgan fingerprint density at radius 1 is 1.30 bits per heavy atom. The van der Waals surface area contributed by atoms with Crippen molar-refractivity contribution in [3.63, 3.8) is 0 Å². The van der Waals surface area contributed by atoms with E-state index in [-0.39, 0.29) is 17.3 Å². The number of hydrogen-bond acceptors (Lipinski definition) is 3. The van der Waals surface area contributed by atoms with Gasteiger partial charge in [0.25, 0.3) is 0 Å². The molecule has 1 aliphatic heterocycles. The Kier molecular flexibility index (Phi) is 3.31. The number of aromatic amines is 1. The van der Waals surface area contributed by atoms with E-state index in [4.69, 9.17) is 23.2 Å². The smallest absolute Gasteiger partial charge is 0.169 e. The number of carbonyl (C=O) groups excluding carboxylic acids is 1. The van der Waals surface area contributed by atoms with Gasteiger partial charge in [0, 0.05) is 33.6 Å². The van der Waals surface area contributed by atoms with Crippen LogP contribution < -0.4 is 0 Å². The van der Waals surface area contributed by atoms with Gasteiger partial charge >= 0.3 is 0 Å². The van der Waals surface area contributed by atoms with Gasteiger partial charge in [-0.25, -0.2) is 8.42 Å². The molecular weight excluding hydrogens is 321 g/mol. The van der Waals surface area contributed by atoms with Gasteiger partial charge < -0.3 is 4.98 Å². The molecule has 1 aromatic heterocycles. The van der Waals surface area contributed by atoms with Gasteiger partial charge in [0.1, 0.15) is 0 Å². The van der Waals surface area contributed by atoms with Crippen molar-refractivity contribution in [2.24, 2.45) is 5.92 Å². The lowest BCUT2D eigenvalue weighted by molar-refractivity contribution is 0.0935. The molecule has 1 saturated heterocycles. The molecule has 1 N–H and O–H groups in total. The Labute approximate surface area is 126 Å². The van der Waals surface area contributed by atoms with Crippen molar-refractivity contribution in [1.82, 2.24) is 4.98 Å². The average molecular weight is 332 g/mol. The Morgan fingerprint density at radius 2 is 2.05 bits per heavy atom. The molecule has 1 fully saturated rings. The highest BCUT2D eigenvalue weighted by Crippen LogP contribution is 2.33. The van der Waals surface area contributed by atoms with Gasteiger partial charge in [-0.15, -0.1) is 0 Å². The van der Waals surface area contributed by atoms with E-state index in [1.165, 1.54) is 0 Å². The second kappa shape index (κ2) is 4.76. The number of H-pyrrole nitrogens is 1. The highest BCUT2D eigenvalue weighted by atomic mass is 35.5. The molecule has 0 amide bonds. The van der Waals surface area contributed by atoms with Crippen molar-refractivity contribution in [3.05, 3.63) is 33.9 Å². The summed E-state index contributed by atoms with van der Waals surface area (Å²) in [7, 11) is -3.09. The van der Waals surface area contributed by atoms with Crippen molar-refractivity contribution >= 4 is 49.7 Å². The Hall–Kier alpha value is -1.04. The van der Waals surface area contributed by atoms with Crippen LogP contribution in [0.3, 0.4) is 0 Å². The van der Waals surface area contributed by atoms with E-state index in [0.717, 1.165) is 0 Å². The molecule has 0 bridgehead atoms. The molecule has 20 heavy (non-hydrogen) atoms. The number of Topliss-reactive ketones (excluding diaryl/α,β-unsaturated/α-hetero) is 1. The van der Waals surface area contributed by atoms with Gasteiger partial charge in [0.05, 0.1) is 16.5 Å². The minimum Gasteiger partial charge on any atom is -0.360 e. The summed E-state index contributed by atoms with van der Waals surface area (Å²) in [6.07, 6.45) is 1.94. The fourth-order valence-electron chi connectivity index (χ4n) is 2.60. The summed E-state index contributed by atoms with van der Waals surface area (Å²) in [5, 5.41) is 1.47. The van der Waals surface area contributed by atoms with Crippen LogP contribution in [0.1, 0.15) is 16.8 Å². The molecule has 1 aliphatic rings. The summed E-state index contributed by atoms with van der Waals surface area (Å²) in [5.74, 6) is -0.665. The zero-order chi connectivity index (χ0) is 14.5. The summed E-state index contributed by atoms with van der Waals surface area (Å²) >= 11 is 12.0. The first-order valence-electron chi connectivity index (χ1n) is 6.08. The van der Waals surface area contributed by atoms with E-state index < -0.39 is 15.8 Å². The highest BCUT2D eigenvalue weighted by molar-refractivity contribution is 7.91. The van der Waals surface area contributed by atoms with Crippen LogP contribution in [0.25, 0.3) is 10.9 Å². The number of nitrogens with one attached hydrogen (secondary N) is 1. The Morgan fingerprint density at radius 3 is 2.70 bits per heavy atom. The zero-order valence-corrected chi connectivity index (χ0v) is 12.6. The quantitative estimate of drug-likeness (QED) is 0.860. The first kappa shape index (κ1) is 13.9. The van der Waals surface area contributed by atoms with E-state index in [1.807, 2.05) is 0 Å². The second-order valence-corrected chi connectivity index (χ2v) is 8.05. The fourth-order valence-corrected chi connectivity index (χ4v) is 4.94. The van der Waals surface area contributed by atoms with Crippen molar-refractivity contribution < 1.29 is 13.2 Å². The molecule has 0 spiro atoms. The SMILES string of the molecule is O=C(c1c[nH]c2cc(Cl)cc(Cl)c12)C1CCS(=O)(=O)C1. The largest absolute Gasteiger partial charge is 0.360 e. The van der Waals surface area contributed by atoms with Gasteiger partial charge in [-0.1, -0.05) is 23.2 Å². The Balaban J connectivity index is 2.05. The standard InChI is InChI=1S/C13H11Cl2NO3S/c14-8-3-10(15)12-9(5-16-11(12)4-8)13(17)7-1-2-20(18,19)6-7/h3-5,7,16H,1-2,6H2. The molecule has 3 rings (SSSR count). The van der Waals surface area contributed by atoms with Gasteiger partial charge in [0.2, 0.25) is 0 Å². The molecule has 0 saturated carbocycles. The number of hydrogen-bond donors (Lipinski definition) is 1. The van der Waals surface area contributed by atoms with Gasteiger partial charge in [-0.05, 0) is 18.6 Å². The van der Waals surface area contributed by atoms with Crippen LogP contribution in [-0.2, 0) is 9.84 Å². The maximum atomic E-state index is 12.5. The predicted octanol–water partition coefficient (Wildman–Crippen LogP) is 3.09. The average Bonchev–Trinajstić information content (AvgIpc) is 2.91. The maximum Gasteiger partial charge on any atom is 0.169 e. The minimum atomic E-state index is -3.09. The van der Waals surface area contributed by atoms with Crippen molar-refractivity contribution in [3.8, 4) is 0 Å². The first-order chi connectivity index (χ1) is 9.37. The van der Waals surface area contributed by atoms with Crippen LogP contribution in [0, 0.1) is 5.92 Å². The number of halogens is 2. The molecule has 4 nitrogen and oxygen atoms in total. The third kappa shape index (κ3) is 2.34. The molecule has 1 unspecified atom stereocenters. The third-order valence-corrected chi connectivity index (χ3v) is 5.85. The van der Waals surface area contributed by atoms with Crippen LogP contribution in [0.4, 0.5) is 0 Å². The summed E-state index contributed by atoms with van der Waals surface area (Å²) in [6.45, 7) is 0. The number of carbonyl (C=O) groups is 1. The zero-order valence-electron chi connectivity index (χ0n) is 10.3. The van der Waals surface area contributed by atoms with Crippen molar-refractivity contribution in [2.75, 3.05) is 11.5 Å². The van der Waals surface area contributed by atoms with Gasteiger partial charge in [-0.2, -0.15) is 0 Å². The molecule has 106 valence electrons. The van der Waals surface area contributed by atoms with Gasteiger partial charge in [0.15, 0.2) is 15.6 Å². The summed E-state index contributed by atoms with van der Waals surface area (Å²) in [5.41, 5.74) is 1.11. The molecule has 0 radical (unpaired) electrons. The summed E-state index contributed by atoms with van der Waals surface area (Å²) in [6, 6.07) is 3.26.